The second kappa shape index (κ2) is 5.91. The molecule has 2 aromatic heterocycles. The second-order valence-corrected chi connectivity index (χ2v) is 4.08. The molecule has 0 aromatic carbocycles. The maximum absolute atomic E-state index is 11.2. The Balaban J connectivity index is 2.32. The normalized spacial score (nSPS) is 11.7. The summed E-state index contributed by atoms with van der Waals surface area (Å²) in [5, 5.41) is 16.8. The fraction of sp³-hybridized carbons (Fsp3) is 0.250. The summed E-state index contributed by atoms with van der Waals surface area (Å²) in [5.41, 5.74) is 0.733. The summed E-state index contributed by atoms with van der Waals surface area (Å²) < 4.78 is 0. The molecule has 2 rings (SSSR count). The number of hydrogen-bond donors (Lipinski definition) is 2. The van der Waals surface area contributed by atoms with Crippen LogP contribution in [0.4, 0.5) is 17.3 Å². The minimum Gasteiger partial charge on any atom is -0.367 e. The first-order valence-corrected chi connectivity index (χ1v) is 5.97. The van der Waals surface area contributed by atoms with Gasteiger partial charge in [0.05, 0.1) is 11.0 Å². The van der Waals surface area contributed by atoms with Gasteiger partial charge in [-0.15, -0.1) is 0 Å². The number of anilines is 2. The summed E-state index contributed by atoms with van der Waals surface area (Å²) in [6, 6.07) is 3.53. The highest BCUT2D eigenvalue weighted by Crippen LogP contribution is 2.30. The number of nitrogens with zero attached hydrogens (tertiary/aromatic N) is 4. The lowest BCUT2D eigenvalue weighted by Crippen LogP contribution is -2.11. The highest BCUT2D eigenvalue weighted by atomic mass is 16.6. The molecule has 1 atom stereocenters. The molecule has 0 amide bonds. The largest absolute Gasteiger partial charge is 0.367 e. The minimum absolute atomic E-state index is 0.165. The first kappa shape index (κ1) is 13.7. The van der Waals surface area contributed by atoms with Crippen LogP contribution in [0.15, 0.2) is 30.9 Å². The van der Waals surface area contributed by atoms with Crippen LogP contribution in [0.3, 0.4) is 0 Å². The Kier molecular flexibility index (Phi) is 4.04. The molecule has 0 aliphatic rings. The van der Waals surface area contributed by atoms with Gasteiger partial charge in [-0.3, -0.25) is 15.1 Å². The Morgan fingerprint density at radius 2 is 2.10 bits per heavy atom. The van der Waals surface area contributed by atoms with Crippen molar-refractivity contribution in [2.24, 2.45) is 0 Å². The van der Waals surface area contributed by atoms with Gasteiger partial charge in [0, 0.05) is 19.4 Å². The maximum atomic E-state index is 11.2. The van der Waals surface area contributed by atoms with Crippen molar-refractivity contribution < 1.29 is 4.92 Å². The fourth-order valence-electron chi connectivity index (χ4n) is 1.76. The van der Waals surface area contributed by atoms with Crippen LogP contribution in [-0.4, -0.2) is 26.9 Å². The van der Waals surface area contributed by atoms with E-state index in [0.717, 1.165) is 5.56 Å². The smallest absolute Gasteiger partial charge is 0.353 e. The predicted molar refractivity (Wildman–Crippen MR) is 74.5 cm³/mol. The third kappa shape index (κ3) is 2.79. The average molecular weight is 274 g/mol. The summed E-state index contributed by atoms with van der Waals surface area (Å²) in [5.74, 6) is 0.344. The molecule has 1 unspecified atom stereocenters. The minimum atomic E-state index is -0.510. The number of nitro groups is 1. The van der Waals surface area contributed by atoms with Crippen LogP contribution in [0.25, 0.3) is 0 Å². The molecule has 8 nitrogen and oxygen atoms in total. The molecular formula is C12H14N6O2. The molecule has 20 heavy (non-hydrogen) atoms. The van der Waals surface area contributed by atoms with Crippen molar-refractivity contribution in [1.29, 1.82) is 0 Å². The molecule has 0 fully saturated rings. The van der Waals surface area contributed by atoms with Gasteiger partial charge in [0.15, 0.2) is 0 Å². The van der Waals surface area contributed by atoms with Gasteiger partial charge >= 0.3 is 5.69 Å². The van der Waals surface area contributed by atoms with Crippen molar-refractivity contribution >= 4 is 17.3 Å². The van der Waals surface area contributed by atoms with Crippen LogP contribution < -0.4 is 10.6 Å². The topological polar surface area (TPSA) is 106 Å². The standard InChI is InChI=1S/C12H14N6O2/c1-8(9-4-3-5-14-6-9)17-12-10(18(19)20)11(13-2)15-7-16-12/h3-8H,1-2H3,(H2,13,15,16,17). The van der Waals surface area contributed by atoms with Crippen LogP contribution in [0, 0.1) is 10.1 Å². The van der Waals surface area contributed by atoms with Crippen LogP contribution in [0.2, 0.25) is 0 Å². The van der Waals surface area contributed by atoms with E-state index in [1.807, 2.05) is 13.0 Å². The van der Waals surface area contributed by atoms with Crippen molar-refractivity contribution in [1.82, 2.24) is 15.0 Å². The highest BCUT2D eigenvalue weighted by Gasteiger charge is 2.23. The van der Waals surface area contributed by atoms with Crippen molar-refractivity contribution in [3.8, 4) is 0 Å². The Hall–Kier alpha value is -2.77. The Bertz CT molecular complexity index is 604. The van der Waals surface area contributed by atoms with Gasteiger partial charge in [-0.1, -0.05) is 6.07 Å². The van der Waals surface area contributed by atoms with Gasteiger partial charge in [-0.2, -0.15) is 0 Å². The summed E-state index contributed by atoms with van der Waals surface area (Å²) in [6.07, 6.45) is 4.64. The Morgan fingerprint density at radius 3 is 2.70 bits per heavy atom. The lowest BCUT2D eigenvalue weighted by Gasteiger charge is -2.14. The molecular weight excluding hydrogens is 260 g/mol. The van der Waals surface area contributed by atoms with E-state index in [1.165, 1.54) is 6.33 Å². The highest BCUT2D eigenvalue weighted by molar-refractivity contribution is 5.69. The molecule has 0 bridgehead atoms. The Labute approximate surface area is 115 Å². The lowest BCUT2D eigenvalue weighted by molar-refractivity contribution is -0.383. The van der Waals surface area contributed by atoms with Crippen LogP contribution >= 0.6 is 0 Å². The summed E-state index contributed by atoms with van der Waals surface area (Å²) in [6.45, 7) is 1.88. The van der Waals surface area contributed by atoms with E-state index in [9.17, 15) is 10.1 Å². The maximum Gasteiger partial charge on any atom is 0.353 e. The number of rotatable bonds is 5. The van der Waals surface area contributed by atoms with Gasteiger partial charge in [0.1, 0.15) is 6.33 Å². The lowest BCUT2D eigenvalue weighted by atomic mass is 10.1. The van der Waals surface area contributed by atoms with Gasteiger partial charge in [-0.25, -0.2) is 9.97 Å². The van der Waals surface area contributed by atoms with E-state index in [1.54, 1.807) is 25.5 Å². The van der Waals surface area contributed by atoms with Gasteiger partial charge in [0.25, 0.3) is 0 Å². The third-order valence-electron chi connectivity index (χ3n) is 2.78. The second-order valence-electron chi connectivity index (χ2n) is 4.08. The Morgan fingerprint density at radius 1 is 1.35 bits per heavy atom. The van der Waals surface area contributed by atoms with Crippen molar-refractivity contribution in [2.45, 2.75) is 13.0 Å². The van der Waals surface area contributed by atoms with E-state index in [4.69, 9.17) is 0 Å². The average Bonchev–Trinajstić information content (AvgIpc) is 2.47. The van der Waals surface area contributed by atoms with Gasteiger partial charge in [-0.05, 0) is 18.6 Å². The molecule has 104 valence electrons. The molecule has 2 N–H and O–H groups in total. The number of pyridine rings is 1. The molecule has 2 heterocycles. The van der Waals surface area contributed by atoms with E-state index in [2.05, 4.69) is 25.6 Å². The van der Waals surface area contributed by atoms with Crippen molar-refractivity contribution in [3.63, 3.8) is 0 Å². The van der Waals surface area contributed by atoms with E-state index in [-0.39, 0.29) is 23.4 Å². The number of aromatic nitrogens is 3. The quantitative estimate of drug-likeness (QED) is 0.634. The van der Waals surface area contributed by atoms with E-state index in [0.29, 0.717) is 0 Å². The molecule has 8 heteroatoms. The van der Waals surface area contributed by atoms with E-state index >= 15 is 0 Å². The van der Waals surface area contributed by atoms with Gasteiger partial charge in [0.2, 0.25) is 11.6 Å². The monoisotopic (exact) mass is 274 g/mol. The summed E-state index contributed by atoms with van der Waals surface area (Å²) in [7, 11) is 1.57. The van der Waals surface area contributed by atoms with Crippen LogP contribution in [0.1, 0.15) is 18.5 Å². The predicted octanol–water partition coefficient (Wildman–Crippen LogP) is 1.99. The molecule has 2 aromatic rings. The van der Waals surface area contributed by atoms with Crippen LogP contribution in [0.5, 0.6) is 0 Å². The van der Waals surface area contributed by atoms with E-state index < -0.39 is 4.92 Å². The fourth-order valence-corrected chi connectivity index (χ4v) is 1.76. The summed E-state index contributed by atoms with van der Waals surface area (Å²) in [4.78, 5) is 22.5. The molecule has 0 saturated carbocycles. The number of nitrogens with one attached hydrogen (secondary N) is 2. The zero-order chi connectivity index (χ0) is 14.5. The van der Waals surface area contributed by atoms with Crippen molar-refractivity contribution in [3.05, 3.63) is 46.5 Å². The van der Waals surface area contributed by atoms with Gasteiger partial charge < -0.3 is 10.6 Å². The van der Waals surface area contributed by atoms with Crippen molar-refractivity contribution in [2.75, 3.05) is 17.7 Å². The third-order valence-corrected chi connectivity index (χ3v) is 2.78. The first-order valence-electron chi connectivity index (χ1n) is 5.97. The number of hydrogen-bond acceptors (Lipinski definition) is 7. The molecule has 0 spiro atoms. The van der Waals surface area contributed by atoms with Crippen LogP contribution in [-0.2, 0) is 0 Å². The first-order chi connectivity index (χ1) is 9.63. The zero-order valence-electron chi connectivity index (χ0n) is 11.1. The molecule has 0 aliphatic heterocycles. The zero-order valence-corrected chi connectivity index (χ0v) is 11.1. The SMILES string of the molecule is CNc1ncnc(NC(C)c2cccnc2)c1[N+](=O)[O-]. The molecule has 0 radical (unpaired) electrons. The summed E-state index contributed by atoms with van der Waals surface area (Å²) >= 11 is 0. The molecule has 0 saturated heterocycles. The molecule has 0 aliphatic carbocycles.